The molecular formula is C17H28N2. The Bertz CT molecular complexity index is 409. The molecule has 1 aromatic carbocycles. The van der Waals surface area contributed by atoms with Gasteiger partial charge >= 0.3 is 0 Å². The number of hydrogen-bond acceptors (Lipinski definition) is 2. The summed E-state index contributed by atoms with van der Waals surface area (Å²) in [5, 5.41) is 3.60. The Morgan fingerprint density at radius 1 is 1.26 bits per heavy atom. The smallest absolute Gasteiger partial charge is 0.0399 e. The van der Waals surface area contributed by atoms with Gasteiger partial charge in [0.2, 0.25) is 0 Å². The van der Waals surface area contributed by atoms with Gasteiger partial charge in [0, 0.05) is 25.3 Å². The van der Waals surface area contributed by atoms with Crippen LogP contribution >= 0.6 is 0 Å². The molecule has 0 unspecified atom stereocenters. The van der Waals surface area contributed by atoms with Crippen LogP contribution in [0, 0.1) is 11.3 Å². The highest BCUT2D eigenvalue weighted by Gasteiger charge is 2.26. The number of nitrogens with one attached hydrogen (secondary N) is 1. The summed E-state index contributed by atoms with van der Waals surface area (Å²) in [5.41, 5.74) is 3.26. The highest BCUT2D eigenvalue weighted by molar-refractivity contribution is 5.57. The third-order valence-electron chi connectivity index (χ3n) is 3.76. The predicted octanol–water partition coefficient (Wildman–Crippen LogP) is 3.32. The molecule has 2 heteroatoms. The molecule has 0 saturated heterocycles. The van der Waals surface area contributed by atoms with Crippen LogP contribution in [-0.4, -0.2) is 26.2 Å². The van der Waals surface area contributed by atoms with Crippen molar-refractivity contribution in [3.05, 3.63) is 29.8 Å². The van der Waals surface area contributed by atoms with Gasteiger partial charge < -0.3 is 10.2 Å². The van der Waals surface area contributed by atoms with Gasteiger partial charge in [-0.15, -0.1) is 0 Å². The number of hydrogen-bond donors (Lipinski definition) is 1. The van der Waals surface area contributed by atoms with Crippen molar-refractivity contribution in [1.82, 2.24) is 5.32 Å². The Kier molecular flexibility index (Phi) is 4.51. The first-order valence-electron chi connectivity index (χ1n) is 7.51. The summed E-state index contributed by atoms with van der Waals surface area (Å²) in [6.45, 7) is 13.8. The normalized spacial score (nSPS) is 15.1. The topological polar surface area (TPSA) is 15.3 Å². The minimum absolute atomic E-state index is 0.312. The maximum Gasteiger partial charge on any atom is 0.0399 e. The van der Waals surface area contributed by atoms with Gasteiger partial charge in [0.05, 0.1) is 0 Å². The fourth-order valence-electron chi connectivity index (χ4n) is 2.84. The van der Waals surface area contributed by atoms with E-state index in [0.29, 0.717) is 5.41 Å². The van der Waals surface area contributed by atoms with E-state index in [9.17, 15) is 0 Å². The number of anilines is 1. The lowest BCUT2D eigenvalue weighted by Crippen LogP contribution is -2.40. The third-order valence-corrected chi connectivity index (χ3v) is 3.76. The van der Waals surface area contributed by atoms with E-state index in [1.807, 2.05) is 0 Å². The van der Waals surface area contributed by atoms with Crippen LogP contribution in [0.25, 0.3) is 0 Å². The van der Waals surface area contributed by atoms with E-state index in [4.69, 9.17) is 0 Å². The summed E-state index contributed by atoms with van der Waals surface area (Å²) in [5.74, 6) is 0.725. The van der Waals surface area contributed by atoms with Crippen molar-refractivity contribution in [3.8, 4) is 0 Å². The molecule has 0 bridgehead atoms. The quantitative estimate of drug-likeness (QED) is 0.844. The van der Waals surface area contributed by atoms with Crippen LogP contribution < -0.4 is 10.2 Å². The van der Waals surface area contributed by atoms with Gasteiger partial charge in [0.1, 0.15) is 0 Å². The molecule has 0 aromatic heterocycles. The Labute approximate surface area is 118 Å². The Morgan fingerprint density at radius 2 is 2.00 bits per heavy atom. The van der Waals surface area contributed by atoms with Gasteiger partial charge in [-0.05, 0) is 35.9 Å². The van der Waals surface area contributed by atoms with E-state index in [-0.39, 0.29) is 0 Å². The predicted molar refractivity (Wildman–Crippen MR) is 83.8 cm³/mol. The maximum atomic E-state index is 3.60. The lowest BCUT2D eigenvalue weighted by atomic mass is 9.92. The summed E-state index contributed by atoms with van der Waals surface area (Å²) in [7, 11) is 0. The van der Waals surface area contributed by atoms with Gasteiger partial charge in [0.25, 0.3) is 0 Å². The van der Waals surface area contributed by atoms with Crippen molar-refractivity contribution in [2.45, 2.75) is 34.1 Å². The molecule has 0 fully saturated rings. The van der Waals surface area contributed by atoms with Gasteiger partial charge in [-0.1, -0.05) is 45.9 Å². The molecule has 19 heavy (non-hydrogen) atoms. The van der Waals surface area contributed by atoms with Crippen LogP contribution in [0.1, 0.15) is 33.3 Å². The first-order valence-corrected chi connectivity index (χ1v) is 7.51. The molecule has 0 amide bonds. The van der Waals surface area contributed by atoms with E-state index < -0.39 is 0 Å². The van der Waals surface area contributed by atoms with E-state index in [2.05, 4.69) is 62.2 Å². The van der Waals surface area contributed by atoms with Gasteiger partial charge in [-0.2, -0.15) is 0 Å². The van der Waals surface area contributed by atoms with Crippen LogP contribution in [0.4, 0.5) is 5.69 Å². The molecule has 0 spiro atoms. The molecule has 1 heterocycles. The van der Waals surface area contributed by atoms with Crippen molar-refractivity contribution >= 4 is 5.69 Å². The van der Waals surface area contributed by atoms with E-state index in [1.165, 1.54) is 24.2 Å². The summed E-state index contributed by atoms with van der Waals surface area (Å²) < 4.78 is 0. The molecular weight excluding hydrogens is 232 g/mol. The largest absolute Gasteiger partial charge is 0.370 e. The first-order chi connectivity index (χ1) is 8.98. The van der Waals surface area contributed by atoms with Crippen LogP contribution in [0.3, 0.4) is 0 Å². The molecule has 1 N–H and O–H groups in total. The standard InChI is InChI=1S/C17H28N2/c1-14(2)11-18-12-17(3,4)13-19-10-9-15-7-5-6-8-16(15)19/h5-8,14,18H,9-13H2,1-4H3. The highest BCUT2D eigenvalue weighted by atomic mass is 15.2. The number of fused-ring (bicyclic) bond motifs is 1. The summed E-state index contributed by atoms with van der Waals surface area (Å²) in [6, 6.07) is 8.83. The minimum Gasteiger partial charge on any atom is -0.370 e. The average Bonchev–Trinajstić information content (AvgIpc) is 2.71. The molecule has 0 radical (unpaired) electrons. The Morgan fingerprint density at radius 3 is 2.74 bits per heavy atom. The zero-order valence-corrected chi connectivity index (χ0v) is 12.9. The molecule has 0 atom stereocenters. The molecule has 1 aliphatic heterocycles. The molecule has 0 aliphatic carbocycles. The lowest BCUT2D eigenvalue weighted by Gasteiger charge is -2.32. The maximum absolute atomic E-state index is 3.60. The number of benzene rings is 1. The monoisotopic (exact) mass is 260 g/mol. The number of para-hydroxylation sites is 1. The van der Waals surface area contributed by atoms with Crippen molar-refractivity contribution in [2.24, 2.45) is 11.3 Å². The van der Waals surface area contributed by atoms with E-state index in [1.54, 1.807) is 0 Å². The fraction of sp³-hybridized carbons (Fsp3) is 0.647. The Balaban J connectivity index is 1.90. The van der Waals surface area contributed by atoms with Gasteiger partial charge in [-0.25, -0.2) is 0 Å². The minimum atomic E-state index is 0.312. The van der Waals surface area contributed by atoms with Crippen LogP contribution in [-0.2, 0) is 6.42 Å². The van der Waals surface area contributed by atoms with Crippen molar-refractivity contribution in [2.75, 3.05) is 31.1 Å². The highest BCUT2D eigenvalue weighted by Crippen LogP contribution is 2.30. The second-order valence-corrected chi connectivity index (χ2v) is 6.99. The van der Waals surface area contributed by atoms with E-state index >= 15 is 0 Å². The van der Waals surface area contributed by atoms with Gasteiger partial charge in [0.15, 0.2) is 0 Å². The molecule has 2 rings (SSSR count). The van der Waals surface area contributed by atoms with Crippen LogP contribution in [0.5, 0.6) is 0 Å². The summed E-state index contributed by atoms with van der Waals surface area (Å²) in [6.07, 6.45) is 1.20. The summed E-state index contributed by atoms with van der Waals surface area (Å²) in [4.78, 5) is 2.55. The van der Waals surface area contributed by atoms with Crippen LogP contribution in [0.15, 0.2) is 24.3 Å². The summed E-state index contributed by atoms with van der Waals surface area (Å²) >= 11 is 0. The molecule has 0 saturated carbocycles. The number of nitrogens with zero attached hydrogens (tertiary/aromatic N) is 1. The zero-order chi connectivity index (χ0) is 13.9. The van der Waals surface area contributed by atoms with Crippen molar-refractivity contribution in [3.63, 3.8) is 0 Å². The van der Waals surface area contributed by atoms with Crippen molar-refractivity contribution in [1.29, 1.82) is 0 Å². The number of rotatable bonds is 6. The third kappa shape index (κ3) is 3.97. The first kappa shape index (κ1) is 14.4. The second-order valence-electron chi connectivity index (χ2n) is 6.99. The molecule has 106 valence electrons. The molecule has 1 aromatic rings. The molecule has 2 nitrogen and oxygen atoms in total. The van der Waals surface area contributed by atoms with E-state index in [0.717, 1.165) is 25.6 Å². The fourth-order valence-corrected chi connectivity index (χ4v) is 2.84. The average molecular weight is 260 g/mol. The SMILES string of the molecule is CC(C)CNCC(C)(C)CN1CCc2ccccc21. The molecule has 1 aliphatic rings. The lowest BCUT2D eigenvalue weighted by molar-refractivity contribution is 0.335. The Hall–Kier alpha value is -1.02. The van der Waals surface area contributed by atoms with Gasteiger partial charge in [-0.3, -0.25) is 0 Å². The zero-order valence-electron chi connectivity index (χ0n) is 12.9. The second kappa shape index (κ2) is 5.96. The van der Waals surface area contributed by atoms with Crippen LogP contribution in [0.2, 0.25) is 0 Å². The van der Waals surface area contributed by atoms with Crippen molar-refractivity contribution < 1.29 is 0 Å².